The van der Waals surface area contributed by atoms with E-state index in [1.165, 1.54) is 10.6 Å². The fraction of sp³-hybridized carbons (Fsp3) is 0.778. The van der Waals surface area contributed by atoms with Crippen LogP contribution in [0.15, 0.2) is 21.8 Å². The average Bonchev–Trinajstić information content (AvgIpc) is 3.17. The van der Waals surface area contributed by atoms with Crippen LogP contribution in [0, 0.1) is 5.41 Å². The second-order valence-electron chi connectivity index (χ2n) is 8.24. The minimum Gasteiger partial charge on any atom is -0.378 e. The molecule has 1 saturated carbocycles. The summed E-state index contributed by atoms with van der Waals surface area (Å²) >= 11 is 0. The molecule has 1 aliphatic carbocycles. The van der Waals surface area contributed by atoms with E-state index in [4.69, 9.17) is 9.26 Å². The quantitative estimate of drug-likeness (QED) is 0.343. The number of halogens is 1. The standard InChI is InChI=1S/C18H31N5O4S.HI/c1-17(2)15(12-18(17,3)26-5)20-16(19-4)22-7-9-23(10-8-22)28(24,25)13-14-6-11-27-21-14;/h6,11,15H,7-10,12-13H2,1-5H3,(H,19,20);1H. The van der Waals surface area contributed by atoms with Gasteiger partial charge >= 0.3 is 0 Å². The lowest BCUT2D eigenvalue weighted by atomic mass is 9.56. The highest BCUT2D eigenvalue weighted by molar-refractivity contribution is 14.0. The zero-order valence-corrected chi connectivity index (χ0v) is 20.9. The molecule has 9 nitrogen and oxygen atoms in total. The smallest absolute Gasteiger partial charge is 0.220 e. The number of hydrogen-bond acceptors (Lipinski definition) is 6. The summed E-state index contributed by atoms with van der Waals surface area (Å²) in [5.74, 6) is 0.673. The summed E-state index contributed by atoms with van der Waals surface area (Å²) in [6, 6.07) is 1.83. The molecular weight excluding hydrogens is 509 g/mol. The van der Waals surface area contributed by atoms with Gasteiger partial charge in [0, 0.05) is 57.9 Å². The van der Waals surface area contributed by atoms with E-state index in [-0.39, 0.29) is 46.8 Å². The van der Waals surface area contributed by atoms with Crippen LogP contribution in [0.3, 0.4) is 0 Å². The molecule has 2 fully saturated rings. The van der Waals surface area contributed by atoms with Gasteiger partial charge in [0.2, 0.25) is 10.0 Å². The van der Waals surface area contributed by atoms with Gasteiger partial charge in [-0.05, 0) is 13.3 Å². The number of sulfonamides is 1. The number of aliphatic imine (C=N–C) groups is 1. The van der Waals surface area contributed by atoms with Gasteiger partial charge in [0.1, 0.15) is 12.0 Å². The summed E-state index contributed by atoms with van der Waals surface area (Å²) < 4.78 is 37.1. The first-order valence-electron chi connectivity index (χ1n) is 9.53. The van der Waals surface area contributed by atoms with E-state index in [1.807, 2.05) is 0 Å². The molecule has 2 aliphatic rings. The first-order chi connectivity index (χ1) is 13.1. The predicted molar refractivity (Wildman–Crippen MR) is 122 cm³/mol. The molecule has 2 atom stereocenters. The highest BCUT2D eigenvalue weighted by Gasteiger charge is 2.58. The molecular formula is C18H32IN5O4S. The van der Waals surface area contributed by atoms with Gasteiger partial charge < -0.3 is 19.5 Å². The molecule has 0 bridgehead atoms. The van der Waals surface area contributed by atoms with E-state index < -0.39 is 10.0 Å². The minimum atomic E-state index is -3.41. The van der Waals surface area contributed by atoms with Crippen molar-refractivity contribution < 1.29 is 17.7 Å². The van der Waals surface area contributed by atoms with E-state index in [1.54, 1.807) is 20.2 Å². The molecule has 0 amide bonds. The monoisotopic (exact) mass is 541 g/mol. The van der Waals surface area contributed by atoms with Gasteiger partial charge in [0.15, 0.2) is 5.96 Å². The van der Waals surface area contributed by atoms with Gasteiger partial charge in [0.05, 0.1) is 11.3 Å². The Morgan fingerprint density at radius 3 is 2.48 bits per heavy atom. The summed E-state index contributed by atoms with van der Waals surface area (Å²) in [6.45, 7) is 8.54. The van der Waals surface area contributed by atoms with Crippen molar-refractivity contribution in [2.75, 3.05) is 40.3 Å². The minimum absolute atomic E-state index is 0. The van der Waals surface area contributed by atoms with E-state index in [0.717, 1.165) is 12.4 Å². The molecule has 1 saturated heterocycles. The van der Waals surface area contributed by atoms with Crippen molar-refractivity contribution in [2.24, 2.45) is 10.4 Å². The number of methoxy groups -OCH3 is 1. The fourth-order valence-corrected chi connectivity index (χ4v) is 5.37. The van der Waals surface area contributed by atoms with Gasteiger partial charge in [-0.1, -0.05) is 19.0 Å². The Labute approximate surface area is 190 Å². The number of nitrogens with zero attached hydrogens (tertiary/aromatic N) is 4. The van der Waals surface area contributed by atoms with Crippen LogP contribution in [0.4, 0.5) is 0 Å². The molecule has 1 aliphatic heterocycles. The van der Waals surface area contributed by atoms with Crippen LogP contribution in [0.2, 0.25) is 0 Å². The fourth-order valence-electron chi connectivity index (χ4n) is 3.94. The molecule has 0 radical (unpaired) electrons. The lowest BCUT2D eigenvalue weighted by Gasteiger charge is -2.59. The molecule has 1 aromatic rings. The molecule has 0 spiro atoms. The van der Waals surface area contributed by atoms with E-state index in [0.29, 0.717) is 31.9 Å². The van der Waals surface area contributed by atoms with Gasteiger partial charge in [-0.25, -0.2) is 8.42 Å². The summed E-state index contributed by atoms with van der Waals surface area (Å²) in [5.41, 5.74) is 0.242. The Morgan fingerprint density at radius 1 is 1.34 bits per heavy atom. The number of nitrogens with one attached hydrogen (secondary N) is 1. The van der Waals surface area contributed by atoms with Crippen molar-refractivity contribution in [1.82, 2.24) is 19.7 Å². The number of guanidine groups is 1. The third-order valence-electron chi connectivity index (χ3n) is 6.55. The van der Waals surface area contributed by atoms with E-state index >= 15 is 0 Å². The molecule has 2 heterocycles. The summed E-state index contributed by atoms with van der Waals surface area (Å²) in [6.07, 6.45) is 2.29. The van der Waals surface area contributed by atoms with E-state index in [2.05, 4.69) is 41.1 Å². The Hall–Kier alpha value is -0.920. The Bertz CT molecular complexity index is 806. The van der Waals surface area contributed by atoms with Crippen molar-refractivity contribution in [1.29, 1.82) is 0 Å². The topological polar surface area (TPSA) is 100 Å². The first kappa shape index (κ1) is 24.4. The van der Waals surface area contributed by atoms with Crippen LogP contribution >= 0.6 is 24.0 Å². The highest BCUT2D eigenvalue weighted by atomic mass is 127. The van der Waals surface area contributed by atoms with Crippen molar-refractivity contribution >= 4 is 40.0 Å². The first-order valence-corrected chi connectivity index (χ1v) is 11.1. The highest BCUT2D eigenvalue weighted by Crippen LogP contribution is 2.51. The number of hydrogen-bond donors (Lipinski definition) is 1. The molecule has 166 valence electrons. The molecule has 1 aromatic heterocycles. The Kier molecular flexibility index (Phi) is 7.61. The third kappa shape index (κ3) is 4.72. The predicted octanol–water partition coefficient (Wildman–Crippen LogP) is 1.52. The maximum atomic E-state index is 12.6. The normalized spacial score (nSPS) is 27.8. The summed E-state index contributed by atoms with van der Waals surface area (Å²) in [5, 5.41) is 7.25. The van der Waals surface area contributed by atoms with Gasteiger partial charge in [-0.3, -0.25) is 4.99 Å². The average molecular weight is 541 g/mol. The molecule has 2 unspecified atom stereocenters. The Morgan fingerprint density at radius 2 is 2.00 bits per heavy atom. The number of rotatable bonds is 5. The molecule has 29 heavy (non-hydrogen) atoms. The number of ether oxygens (including phenoxy) is 1. The van der Waals surface area contributed by atoms with Gasteiger partial charge in [0.25, 0.3) is 0 Å². The largest absolute Gasteiger partial charge is 0.378 e. The van der Waals surface area contributed by atoms with Crippen LogP contribution < -0.4 is 5.32 Å². The maximum absolute atomic E-state index is 12.6. The van der Waals surface area contributed by atoms with Gasteiger partial charge in [-0.2, -0.15) is 4.31 Å². The van der Waals surface area contributed by atoms with Crippen LogP contribution in [0.1, 0.15) is 32.9 Å². The molecule has 3 rings (SSSR count). The van der Waals surface area contributed by atoms with Crippen molar-refractivity contribution in [2.45, 2.75) is 44.6 Å². The summed E-state index contributed by atoms with van der Waals surface area (Å²) in [7, 11) is 0.108. The molecule has 11 heteroatoms. The van der Waals surface area contributed by atoms with Crippen molar-refractivity contribution in [3.8, 4) is 0 Å². The van der Waals surface area contributed by atoms with Crippen molar-refractivity contribution in [3.63, 3.8) is 0 Å². The maximum Gasteiger partial charge on any atom is 0.220 e. The zero-order valence-electron chi connectivity index (χ0n) is 17.7. The zero-order chi connectivity index (χ0) is 20.6. The molecule has 0 aromatic carbocycles. The number of piperazine rings is 1. The van der Waals surface area contributed by atoms with Crippen LogP contribution in [0.5, 0.6) is 0 Å². The van der Waals surface area contributed by atoms with Crippen molar-refractivity contribution in [3.05, 3.63) is 18.0 Å². The second kappa shape index (κ2) is 9.06. The van der Waals surface area contributed by atoms with Crippen LogP contribution in [-0.2, 0) is 20.5 Å². The van der Waals surface area contributed by atoms with Gasteiger partial charge in [-0.15, -0.1) is 24.0 Å². The van der Waals surface area contributed by atoms with Crippen LogP contribution in [0.25, 0.3) is 0 Å². The Balaban J connectivity index is 0.00000300. The SMILES string of the molecule is CN=C(NC1CC(C)(OC)C1(C)C)N1CCN(S(=O)(=O)Cc2ccon2)CC1.I. The second-order valence-corrected chi connectivity index (χ2v) is 10.2. The van der Waals surface area contributed by atoms with Crippen LogP contribution in [-0.4, -0.2) is 80.7 Å². The third-order valence-corrected chi connectivity index (χ3v) is 8.36. The summed E-state index contributed by atoms with van der Waals surface area (Å²) in [4.78, 5) is 6.53. The lowest BCUT2D eigenvalue weighted by Crippen LogP contribution is -2.70. The number of aromatic nitrogens is 1. The lowest BCUT2D eigenvalue weighted by molar-refractivity contribution is -0.177. The molecule has 1 N–H and O–H groups in total. The van der Waals surface area contributed by atoms with E-state index in [9.17, 15) is 8.42 Å².